The average molecular weight is 472 g/mol. The van der Waals surface area contributed by atoms with Crippen molar-refractivity contribution in [3.8, 4) is 11.5 Å². The Kier molecular flexibility index (Phi) is 8.03. The number of ketones is 1. The van der Waals surface area contributed by atoms with E-state index in [1.54, 1.807) is 23.1 Å². The highest BCUT2D eigenvalue weighted by Gasteiger charge is 2.45. The number of benzene rings is 2. The first kappa shape index (κ1) is 24.6. The van der Waals surface area contributed by atoms with Crippen molar-refractivity contribution < 1.29 is 24.2 Å². The zero-order valence-electron chi connectivity index (χ0n) is 19.4. The van der Waals surface area contributed by atoms with Crippen molar-refractivity contribution in [2.75, 3.05) is 13.7 Å². The van der Waals surface area contributed by atoms with Crippen LogP contribution in [0.3, 0.4) is 0 Å². The van der Waals surface area contributed by atoms with Gasteiger partial charge in [0.25, 0.3) is 11.7 Å². The molecule has 2 aromatic rings. The Morgan fingerprint density at radius 1 is 1.12 bits per heavy atom. The first-order valence-electron chi connectivity index (χ1n) is 11.2. The van der Waals surface area contributed by atoms with Crippen LogP contribution < -0.4 is 9.47 Å². The maximum Gasteiger partial charge on any atom is 0.295 e. The highest BCUT2D eigenvalue weighted by atomic mass is 35.5. The number of halogens is 1. The Hall–Kier alpha value is -2.99. The summed E-state index contributed by atoms with van der Waals surface area (Å²) in [5.41, 5.74) is 1.13. The molecule has 1 aliphatic rings. The molecule has 1 N–H and O–H groups in total. The minimum absolute atomic E-state index is 0.0235. The van der Waals surface area contributed by atoms with Gasteiger partial charge in [-0.15, -0.1) is 0 Å². The summed E-state index contributed by atoms with van der Waals surface area (Å²) in [6, 6.07) is 11.3. The van der Waals surface area contributed by atoms with E-state index in [9.17, 15) is 14.7 Å². The second kappa shape index (κ2) is 10.8. The highest BCUT2D eigenvalue weighted by Crippen LogP contribution is 2.41. The van der Waals surface area contributed by atoms with E-state index in [1.807, 2.05) is 38.1 Å². The van der Waals surface area contributed by atoms with Gasteiger partial charge in [-0.05, 0) is 56.2 Å². The van der Waals surface area contributed by atoms with E-state index in [1.165, 1.54) is 7.11 Å². The van der Waals surface area contributed by atoms with E-state index in [2.05, 4.69) is 6.92 Å². The van der Waals surface area contributed by atoms with E-state index >= 15 is 0 Å². The molecule has 3 rings (SSSR count). The second-order valence-corrected chi connectivity index (χ2v) is 8.69. The number of carbonyl (C=O) groups is 2. The summed E-state index contributed by atoms with van der Waals surface area (Å²) in [6.45, 7) is 6.38. The third kappa shape index (κ3) is 5.33. The first-order chi connectivity index (χ1) is 15.8. The summed E-state index contributed by atoms with van der Waals surface area (Å²) in [4.78, 5) is 27.6. The Balaban J connectivity index is 2.10. The molecule has 0 aliphatic carbocycles. The van der Waals surface area contributed by atoms with Crippen LogP contribution in [0.15, 0.2) is 48.0 Å². The Bertz CT molecular complexity index is 1050. The molecule has 0 radical (unpaired) electrons. The zero-order chi connectivity index (χ0) is 24.1. The topological polar surface area (TPSA) is 76.1 Å². The normalized spacial score (nSPS) is 17.6. The molecular formula is C26H30ClNO5. The molecule has 0 aromatic heterocycles. The molecule has 6 nitrogen and oxygen atoms in total. The maximum absolute atomic E-state index is 13.1. The van der Waals surface area contributed by atoms with Gasteiger partial charge >= 0.3 is 0 Å². The number of unbranched alkanes of at least 4 members (excludes halogenated alkanes) is 2. The Morgan fingerprint density at radius 2 is 1.82 bits per heavy atom. The lowest BCUT2D eigenvalue weighted by atomic mass is 9.95. The van der Waals surface area contributed by atoms with Crippen molar-refractivity contribution >= 4 is 29.1 Å². The summed E-state index contributed by atoms with van der Waals surface area (Å²) in [5, 5.41) is 11.6. The summed E-state index contributed by atoms with van der Waals surface area (Å²) in [6.07, 6.45) is 2.71. The summed E-state index contributed by atoms with van der Waals surface area (Å²) in [5.74, 6) is -0.510. The molecule has 1 aliphatic heterocycles. The third-order valence-corrected chi connectivity index (χ3v) is 5.85. The monoisotopic (exact) mass is 471 g/mol. The minimum Gasteiger partial charge on any atom is -0.507 e. The lowest BCUT2D eigenvalue weighted by Crippen LogP contribution is -2.30. The molecule has 7 heteroatoms. The number of Topliss-reactive ketones (excluding diaryl/α,β-unsaturated/α-hetero) is 1. The van der Waals surface area contributed by atoms with Gasteiger partial charge in [0, 0.05) is 12.1 Å². The summed E-state index contributed by atoms with van der Waals surface area (Å²) < 4.78 is 11.0. The number of aliphatic hydroxyl groups excluding tert-OH is 1. The molecule has 0 bridgehead atoms. The number of aliphatic hydroxyl groups is 1. The van der Waals surface area contributed by atoms with E-state index in [0.717, 1.165) is 24.8 Å². The molecular weight excluding hydrogens is 442 g/mol. The van der Waals surface area contributed by atoms with Crippen LogP contribution in [0.2, 0.25) is 5.02 Å². The minimum atomic E-state index is -0.703. The highest BCUT2D eigenvalue weighted by molar-refractivity contribution is 6.46. The van der Waals surface area contributed by atoms with Crippen molar-refractivity contribution in [3.05, 3.63) is 64.2 Å². The van der Waals surface area contributed by atoms with Gasteiger partial charge in [0.1, 0.15) is 17.3 Å². The molecule has 33 heavy (non-hydrogen) atoms. The summed E-state index contributed by atoms with van der Waals surface area (Å²) >= 11 is 6.12. The first-order valence-corrected chi connectivity index (χ1v) is 11.5. The van der Waals surface area contributed by atoms with Crippen LogP contribution in [-0.2, 0) is 9.59 Å². The van der Waals surface area contributed by atoms with Crippen LogP contribution in [0.1, 0.15) is 57.2 Å². The standard InChI is InChI=1S/C26H30ClNO5/c1-5-6-7-14-28-23(17-8-11-19(12-9-17)33-16(2)3)22(25(30)26(28)31)24(29)18-10-13-20(27)21(15-18)32-4/h8-13,15-16,23,29H,5-7,14H2,1-4H3/b24-22-. The molecule has 2 aromatic carbocycles. The van der Waals surface area contributed by atoms with Crippen LogP contribution in [-0.4, -0.2) is 41.5 Å². The van der Waals surface area contributed by atoms with Gasteiger partial charge in [-0.2, -0.15) is 0 Å². The molecule has 1 amide bonds. The van der Waals surface area contributed by atoms with Gasteiger partial charge in [-0.3, -0.25) is 9.59 Å². The predicted octanol–water partition coefficient (Wildman–Crippen LogP) is 5.75. The van der Waals surface area contributed by atoms with Crippen molar-refractivity contribution in [1.82, 2.24) is 4.90 Å². The van der Waals surface area contributed by atoms with E-state index in [0.29, 0.717) is 28.6 Å². The van der Waals surface area contributed by atoms with Crippen molar-refractivity contribution in [1.29, 1.82) is 0 Å². The maximum atomic E-state index is 13.1. The summed E-state index contributed by atoms with van der Waals surface area (Å²) in [7, 11) is 1.47. The van der Waals surface area contributed by atoms with Gasteiger partial charge in [-0.1, -0.05) is 43.5 Å². The molecule has 1 atom stereocenters. The number of methoxy groups -OCH3 is 1. The fourth-order valence-electron chi connectivity index (χ4n) is 3.95. The fraction of sp³-hybridized carbons (Fsp3) is 0.385. The van der Waals surface area contributed by atoms with E-state index in [4.69, 9.17) is 21.1 Å². The Labute approximate surface area is 199 Å². The molecule has 1 heterocycles. The van der Waals surface area contributed by atoms with Gasteiger partial charge < -0.3 is 19.5 Å². The van der Waals surface area contributed by atoms with Crippen molar-refractivity contribution in [2.24, 2.45) is 0 Å². The van der Waals surface area contributed by atoms with Crippen LogP contribution in [0.25, 0.3) is 5.76 Å². The lowest BCUT2D eigenvalue weighted by molar-refractivity contribution is -0.139. The molecule has 1 unspecified atom stereocenters. The second-order valence-electron chi connectivity index (χ2n) is 8.28. The average Bonchev–Trinajstić information content (AvgIpc) is 3.04. The van der Waals surface area contributed by atoms with Crippen LogP contribution in [0, 0.1) is 0 Å². The zero-order valence-corrected chi connectivity index (χ0v) is 20.2. The predicted molar refractivity (Wildman–Crippen MR) is 129 cm³/mol. The largest absolute Gasteiger partial charge is 0.507 e. The number of likely N-dealkylation sites (tertiary alicyclic amines) is 1. The van der Waals surface area contributed by atoms with E-state index in [-0.39, 0.29) is 17.4 Å². The quantitative estimate of drug-likeness (QED) is 0.218. The van der Waals surface area contributed by atoms with Gasteiger partial charge in [0.05, 0.1) is 29.9 Å². The smallest absolute Gasteiger partial charge is 0.295 e. The fourth-order valence-corrected chi connectivity index (χ4v) is 4.15. The van der Waals surface area contributed by atoms with Crippen LogP contribution in [0.4, 0.5) is 0 Å². The van der Waals surface area contributed by atoms with Crippen molar-refractivity contribution in [2.45, 2.75) is 52.2 Å². The molecule has 0 spiro atoms. The molecule has 0 saturated carbocycles. The van der Waals surface area contributed by atoms with Gasteiger partial charge in [-0.25, -0.2) is 0 Å². The third-order valence-electron chi connectivity index (χ3n) is 5.53. The van der Waals surface area contributed by atoms with Crippen LogP contribution >= 0.6 is 11.6 Å². The van der Waals surface area contributed by atoms with Crippen LogP contribution in [0.5, 0.6) is 11.5 Å². The SMILES string of the molecule is CCCCCN1C(=O)C(=O)/C(=C(\O)c2ccc(Cl)c(OC)c2)C1c1ccc(OC(C)C)cc1. The molecule has 176 valence electrons. The number of hydrogen-bond acceptors (Lipinski definition) is 5. The number of ether oxygens (including phenoxy) is 2. The van der Waals surface area contributed by atoms with Crippen molar-refractivity contribution in [3.63, 3.8) is 0 Å². The Morgan fingerprint density at radius 3 is 2.42 bits per heavy atom. The molecule has 1 fully saturated rings. The van der Waals surface area contributed by atoms with Gasteiger partial charge in [0.15, 0.2) is 0 Å². The molecule has 1 saturated heterocycles. The lowest BCUT2D eigenvalue weighted by Gasteiger charge is -2.25. The number of amides is 1. The number of hydrogen-bond donors (Lipinski definition) is 1. The number of nitrogens with zero attached hydrogens (tertiary/aromatic N) is 1. The number of carbonyl (C=O) groups excluding carboxylic acids is 2. The number of rotatable bonds is 9. The van der Waals surface area contributed by atoms with Gasteiger partial charge in [0.2, 0.25) is 0 Å². The van der Waals surface area contributed by atoms with E-state index < -0.39 is 17.7 Å².